The Hall–Kier alpha value is -3.09. The lowest BCUT2D eigenvalue weighted by molar-refractivity contribution is -0.123. The first kappa shape index (κ1) is 22.1. The minimum Gasteiger partial charge on any atom is -0.488 e. The van der Waals surface area contributed by atoms with Gasteiger partial charge in [0.15, 0.2) is 0 Å². The first-order valence-corrected chi connectivity index (χ1v) is 11.1. The molecule has 0 bridgehead atoms. The second-order valence-electron chi connectivity index (χ2n) is 7.44. The van der Waals surface area contributed by atoms with Crippen LogP contribution in [-0.4, -0.2) is 16.8 Å². The number of rotatable bonds is 6. The van der Waals surface area contributed by atoms with E-state index in [0.29, 0.717) is 17.4 Å². The highest BCUT2D eigenvalue weighted by molar-refractivity contribution is 9.10. The van der Waals surface area contributed by atoms with E-state index in [-0.39, 0.29) is 18.1 Å². The van der Waals surface area contributed by atoms with Gasteiger partial charge in [0, 0.05) is 10.6 Å². The molecule has 3 amide bonds. The Bertz CT molecular complexity index is 1210. The van der Waals surface area contributed by atoms with Crippen molar-refractivity contribution >= 4 is 45.5 Å². The van der Waals surface area contributed by atoms with E-state index in [0.717, 1.165) is 26.7 Å². The molecule has 1 fully saturated rings. The Kier molecular flexibility index (Phi) is 6.63. The second-order valence-corrected chi connectivity index (χ2v) is 8.70. The lowest BCUT2D eigenvalue weighted by Crippen LogP contribution is -2.30. The quantitative estimate of drug-likeness (QED) is 0.322. The van der Waals surface area contributed by atoms with Gasteiger partial charge >= 0.3 is 6.03 Å². The predicted octanol–water partition coefficient (Wildman–Crippen LogP) is 6.08. The van der Waals surface area contributed by atoms with Gasteiger partial charge in [-0.25, -0.2) is 4.79 Å². The van der Waals surface area contributed by atoms with Crippen molar-refractivity contribution in [1.82, 2.24) is 10.2 Å². The van der Waals surface area contributed by atoms with E-state index < -0.39 is 6.03 Å². The topological polar surface area (TPSA) is 58.6 Å². The van der Waals surface area contributed by atoms with E-state index in [9.17, 15) is 9.59 Å². The molecule has 1 aliphatic rings. The lowest BCUT2D eigenvalue weighted by atomic mass is 10.1. The van der Waals surface area contributed by atoms with Crippen molar-refractivity contribution in [2.75, 3.05) is 0 Å². The van der Waals surface area contributed by atoms with Crippen LogP contribution in [0.2, 0.25) is 5.02 Å². The summed E-state index contributed by atoms with van der Waals surface area (Å²) < 4.78 is 6.59. The van der Waals surface area contributed by atoms with Crippen molar-refractivity contribution in [1.29, 1.82) is 0 Å². The number of nitrogens with zero attached hydrogens (tertiary/aromatic N) is 1. The Labute approximate surface area is 199 Å². The van der Waals surface area contributed by atoms with Crippen LogP contribution < -0.4 is 10.1 Å². The molecular weight excluding hydrogens is 492 g/mol. The van der Waals surface area contributed by atoms with Crippen molar-refractivity contribution in [2.45, 2.75) is 20.1 Å². The van der Waals surface area contributed by atoms with Crippen molar-refractivity contribution < 1.29 is 14.3 Å². The third kappa shape index (κ3) is 5.03. The second kappa shape index (κ2) is 9.59. The number of carbonyl (C=O) groups excluding carboxylic acids is 2. The summed E-state index contributed by atoms with van der Waals surface area (Å²) in [5, 5.41) is 3.31. The Morgan fingerprint density at radius 1 is 1.06 bits per heavy atom. The fraction of sp³-hybridized carbons (Fsp3) is 0.120. The summed E-state index contributed by atoms with van der Waals surface area (Å²) in [6, 6.07) is 20.3. The number of urea groups is 1. The summed E-state index contributed by atoms with van der Waals surface area (Å²) in [6.07, 6.45) is 1.65. The molecule has 162 valence electrons. The highest BCUT2D eigenvalue weighted by Gasteiger charge is 2.33. The van der Waals surface area contributed by atoms with E-state index in [1.165, 1.54) is 4.90 Å². The molecule has 0 saturated carbocycles. The highest BCUT2D eigenvalue weighted by Crippen LogP contribution is 2.29. The normalized spacial score (nSPS) is 14.7. The molecule has 0 radical (unpaired) electrons. The van der Waals surface area contributed by atoms with Gasteiger partial charge in [0.2, 0.25) is 0 Å². The minimum absolute atomic E-state index is 0.223. The number of hydrogen-bond donors (Lipinski definition) is 1. The van der Waals surface area contributed by atoms with Crippen molar-refractivity contribution in [2.24, 2.45) is 0 Å². The third-order valence-corrected chi connectivity index (χ3v) is 6.02. The number of hydrogen-bond acceptors (Lipinski definition) is 3. The molecule has 0 atom stereocenters. The molecule has 4 rings (SSSR count). The maximum atomic E-state index is 12.8. The van der Waals surface area contributed by atoms with Crippen molar-refractivity contribution in [3.05, 3.63) is 104 Å². The number of benzene rings is 3. The molecule has 0 aliphatic carbocycles. The molecule has 0 unspecified atom stereocenters. The van der Waals surface area contributed by atoms with Crippen LogP contribution in [0, 0.1) is 6.92 Å². The molecule has 0 aromatic heterocycles. The standard InChI is InChI=1S/C25H20BrClN2O3/c1-16-6-8-17(9-7-16)14-29-24(30)22(28-25(29)31)13-18-10-11-23(20(26)12-18)32-15-19-4-2-3-5-21(19)27/h2-13H,14-15H2,1H3,(H,28,31)/b22-13+. The SMILES string of the molecule is Cc1ccc(CN2C(=O)N/C(=C/c3ccc(OCc4ccccc4Cl)c(Br)c3)C2=O)cc1. The highest BCUT2D eigenvalue weighted by atomic mass is 79.9. The van der Waals surface area contributed by atoms with E-state index in [2.05, 4.69) is 21.2 Å². The van der Waals surface area contributed by atoms with Crippen LogP contribution in [0.4, 0.5) is 4.79 Å². The van der Waals surface area contributed by atoms with Gasteiger partial charge in [0.1, 0.15) is 18.1 Å². The third-order valence-electron chi connectivity index (χ3n) is 5.03. The first-order valence-electron chi connectivity index (χ1n) is 9.96. The van der Waals surface area contributed by atoms with Crippen molar-refractivity contribution in [3.8, 4) is 5.75 Å². The zero-order chi connectivity index (χ0) is 22.7. The van der Waals surface area contributed by atoms with Crippen LogP contribution in [0.1, 0.15) is 22.3 Å². The van der Waals surface area contributed by atoms with Gasteiger partial charge in [-0.15, -0.1) is 0 Å². The van der Waals surface area contributed by atoms with Crippen LogP contribution in [-0.2, 0) is 17.9 Å². The summed E-state index contributed by atoms with van der Waals surface area (Å²) in [7, 11) is 0. The summed E-state index contributed by atoms with van der Waals surface area (Å²) in [6.45, 7) is 2.55. The van der Waals surface area contributed by atoms with Gasteiger partial charge in [-0.2, -0.15) is 0 Å². The number of halogens is 2. The van der Waals surface area contributed by atoms with E-state index in [1.54, 1.807) is 12.1 Å². The zero-order valence-electron chi connectivity index (χ0n) is 17.3. The molecule has 32 heavy (non-hydrogen) atoms. The number of amides is 3. The van der Waals surface area contributed by atoms with E-state index >= 15 is 0 Å². The van der Waals surface area contributed by atoms with Crippen LogP contribution >= 0.6 is 27.5 Å². The lowest BCUT2D eigenvalue weighted by Gasteiger charge is -2.12. The smallest absolute Gasteiger partial charge is 0.329 e. The summed E-state index contributed by atoms with van der Waals surface area (Å²) in [4.78, 5) is 26.3. The van der Waals surface area contributed by atoms with Gasteiger partial charge in [0.25, 0.3) is 5.91 Å². The minimum atomic E-state index is -0.430. The monoisotopic (exact) mass is 510 g/mol. The molecule has 3 aromatic rings. The average molecular weight is 512 g/mol. The molecular formula is C25H20BrClN2O3. The fourth-order valence-electron chi connectivity index (χ4n) is 3.25. The van der Waals surface area contributed by atoms with Crippen molar-refractivity contribution in [3.63, 3.8) is 0 Å². The van der Waals surface area contributed by atoms with Gasteiger partial charge in [-0.3, -0.25) is 9.69 Å². The molecule has 0 spiro atoms. The Morgan fingerprint density at radius 2 is 1.81 bits per heavy atom. The van der Waals surface area contributed by atoms with E-state index in [1.807, 2.05) is 67.6 Å². The van der Waals surface area contributed by atoms with Gasteiger partial charge < -0.3 is 10.1 Å². The number of nitrogens with one attached hydrogen (secondary N) is 1. The molecule has 1 aliphatic heterocycles. The summed E-state index contributed by atoms with van der Waals surface area (Å²) in [5.74, 6) is 0.292. The maximum Gasteiger partial charge on any atom is 0.329 e. The fourth-order valence-corrected chi connectivity index (χ4v) is 3.95. The van der Waals surface area contributed by atoms with Crippen LogP contribution in [0.5, 0.6) is 5.75 Å². The Balaban J connectivity index is 1.45. The molecule has 3 aromatic carbocycles. The summed E-state index contributed by atoms with van der Waals surface area (Å²) >= 11 is 9.68. The largest absolute Gasteiger partial charge is 0.488 e. The van der Waals surface area contributed by atoms with Gasteiger partial charge in [-0.1, -0.05) is 65.7 Å². The molecule has 1 heterocycles. The molecule has 5 nitrogen and oxygen atoms in total. The van der Waals surface area contributed by atoms with Gasteiger partial charge in [-0.05, 0) is 58.3 Å². The maximum absolute atomic E-state index is 12.8. The first-order chi connectivity index (χ1) is 15.4. The molecule has 1 N–H and O–H groups in total. The molecule has 1 saturated heterocycles. The van der Waals surface area contributed by atoms with Gasteiger partial charge in [0.05, 0.1) is 11.0 Å². The number of ether oxygens (including phenoxy) is 1. The Morgan fingerprint density at radius 3 is 2.53 bits per heavy atom. The summed E-state index contributed by atoms with van der Waals surface area (Å²) in [5.41, 5.74) is 3.89. The number of carbonyl (C=O) groups is 2. The predicted molar refractivity (Wildman–Crippen MR) is 128 cm³/mol. The van der Waals surface area contributed by atoms with E-state index in [4.69, 9.17) is 16.3 Å². The molecule has 7 heteroatoms. The zero-order valence-corrected chi connectivity index (χ0v) is 19.6. The van der Waals surface area contributed by atoms with Crippen LogP contribution in [0.25, 0.3) is 6.08 Å². The van der Waals surface area contributed by atoms with Crippen LogP contribution in [0.3, 0.4) is 0 Å². The van der Waals surface area contributed by atoms with Crippen LogP contribution in [0.15, 0.2) is 76.9 Å². The number of aryl methyl sites for hydroxylation is 1. The average Bonchev–Trinajstić information content (AvgIpc) is 3.03. The number of imide groups is 1.